The van der Waals surface area contributed by atoms with Gasteiger partial charge < -0.3 is 4.74 Å². The van der Waals surface area contributed by atoms with Gasteiger partial charge in [0.25, 0.3) is 0 Å². The predicted molar refractivity (Wildman–Crippen MR) is 96.8 cm³/mol. The molecule has 0 unspecified atom stereocenters. The van der Waals surface area contributed by atoms with E-state index in [9.17, 15) is 8.42 Å². The maximum Gasteiger partial charge on any atom is 0.240 e. The molecule has 0 aliphatic carbocycles. The number of hydrogen-bond acceptors (Lipinski definition) is 3. The fourth-order valence-corrected chi connectivity index (χ4v) is 3.31. The molecular weight excluding hydrogens is 322 g/mol. The van der Waals surface area contributed by atoms with Crippen LogP contribution in [0.5, 0.6) is 5.75 Å². The molecular formula is C19H25NO3S. The molecule has 0 saturated heterocycles. The molecule has 2 rings (SSSR count). The second kappa shape index (κ2) is 7.36. The predicted octanol–water partition coefficient (Wildman–Crippen LogP) is 3.86. The Morgan fingerprint density at radius 1 is 1.00 bits per heavy atom. The highest BCUT2D eigenvalue weighted by Crippen LogP contribution is 2.27. The molecule has 0 aliphatic heterocycles. The lowest BCUT2D eigenvalue weighted by Crippen LogP contribution is -2.23. The summed E-state index contributed by atoms with van der Waals surface area (Å²) in [4.78, 5) is 0.284. The van der Waals surface area contributed by atoms with Crippen molar-refractivity contribution in [1.82, 2.24) is 4.72 Å². The minimum atomic E-state index is -3.52. The first-order chi connectivity index (χ1) is 11.3. The largest absolute Gasteiger partial charge is 0.497 e. The molecule has 2 aromatic rings. The molecule has 0 amide bonds. The van der Waals surface area contributed by atoms with Gasteiger partial charge in [-0.15, -0.1) is 0 Å². The topological polar surface area (TPSA) is 55.4 Å². The molecule has 0 atom stereocenters. The third kappa shape index (κ3) is 4.36. The molecule has 0 aromatic heterocycles. The maximum absolute atomic E-state index is 12.4. The van der Waals surface area contributed by atoms with Crippen molar-refractivity contribution in [2.45, 2.75) is 44.0 Å². The molecule has 2 aromatic carbocycles. The highest BCUT2D eigenvalue weighted by atomic mass is 32.2. The Balaban J connectivity index is 2.09. The highest BCUT2D eigenvalue weighted by Gasteiger charge is 2.19. The fourth-order valence-electron chi connectivity index (χ4n) is 2.29. The van der Waals surface area contributed by atoms with E-state index < -0.39 is 10.0 Å². The van der Waals surface area contributed by atoms with Gasteiger partial charge in [0.05, 0.1) is 12.0 Å². The molecule has 4 nitrogen and oxygen atoms in total. The van der Waals surface area contributed by atoms with Gasteiger partial charge >= 0.3 is 0 Å². The van der Waals surface area contributed by atoms with Crippen LogP contribution in [0.25, 0.3) is 0 Å². The third-order valence-electron chi connectivity index (χ3n) is 4.46. The molecule has 0 radical (unpaired) electrons. The van der Waals surface area contributed by atoms with Crippen molar-refractivity contribution in [1.29, 1.82) is 0 Å². The lowest BCUT2D eigenvalue weighted by atomic mass is 9.82. The summed E-state index contributed by atoms with van der Waals surface area (Å²) in [6.45, 7) is 6.67. The van der Waals surface area contributed by atoms with Crippen LogP contribution < -0.4 is 9.46 Å². The zero-order valence-electron chi connectivity index (χ0n) is 14.7. The van der Waals surface area contributed by atoms with Crippen LogP contribution in [0.15, 0.2) is 53.4 Å². The van der Waals surface area contributed by atoms with Gasteiger partial charge in [-0.25, -0.2) is 13.1 Å². The number of ether oxygens (including phenoxy) is 1. The number of hydrogen-bond donors (Lipinski definition) is 1. The van der Waals surface area contributed by atoms with Gasteiger partial charge in [-0.3, -0.25) is 0 Å². The van der Waals surface area contributed by atoms with Gasteiger partial charge in [0, 0.05) is 6.54 Å². The van der Waals surface area contributed by atoms with E-state index in [4.69, 9.17) is 4.74 Å². The van der Waals surface area contributed by atoms with Crippen LogP contribution in [0.1, 0.15) is 38.3 Å². The molecule has 0 saturated carbocycles. The Bertz CT molecular complexity index is 763. The van der Waals surface area contributed by atoms with Crippen molar-refractivity contribution in [2.24, 2.45) is 0 Å². The van der Waals surface area contributed by atoms with E-state index in [2.05, 4.69) is 25.5 Å². The molecule has 1 N–H and O–H groups in total. The quantitative estimate of drug-likeness (QED) is 0.827. The van der Waals surface area contributed by atoms with E-state index in [-0.39, 0.29) is 16.9 Å². The molecule has 0 aliphatic rings. The van der Waals surface area contributed by atoms with Gasteiger partial charge in [0.2, 0.25) is 10.0 Å². The van der Waals surface area contributed by atoms with Crippen molar-refractivity contribution < 1.29 is 13.2 Å². The molecule has 5 heteroatoms. The highest BCUT2D eigenvalue weighted by molar-refractivity contribution is 7.89. The second-order valence-electron chi connectivity index (χ2n) is 6.43. The average Bonchev–Trinajstić information content (AvgIpc) is 2.60. The van der Waals surface area contributed by atoms with Crippen LogP contribution >= 0.6 is 0 Å². The van der Waals surface area contributed by atoms with Crippen molar-refractivity contribution >= 4 is 10.0 Å². The van der Waals surface area contributed by atoms with Crippen LogP contribution in [0, 0.1) is 0 Å². The Morgan fingerprint density at radius 3 is 2.08 bits per heavy atom. The van der Waals surface area contributed by atoms with Gasteiger partial charge in [-0.1, -0.05) is 45.0 Å². The van der Waals surface area contributed by atoms with Gasteiger partial charge in [0.15, 0.2) is 0 Å². The van der Waals surface area contributed by atoms with E-state index >= 15 is 0 Å². The van der Waals surface area contributed by atoms with Crippen LogP contribution in [-0.4, -0.2) is 15.5 Å². The van der Waals surface area contributed by atoms with Gasteiger partial charge in [0.1, 0.15) is 5.75 Å². The Labute approximate surface area is 144 Å². The monoisotopic (exact) mass is 347 g/mol. The summed E-state index contributed by atoms with van der Waals surface area (Å²) in [6, 6.07) is 14.4. The van der Waals surface area contributed by atoms with Crippen molar-refractivity contribution in [3.05, 3.63) is 59.7 Å². The van der Waals surface area contributed by atoms with Crippen LogP contribution in [0.4, 0.5) is 0 Å². The lowest BCUT2D eigenvalue weighted by molar-refractivity contribution is 0.414. The van der Waals surface area contributed by atoms with Crippen LogP contribution in [0.2, 0.25) is 0 Å². The summed E-state index contributed by atoms with van der Waals surface area (Å²) >= 11 is 0. The van der Waals surface area contributed by atoms with Crippen LogP contribution in [-0.2, 0) is 22.0 Å². The van der Waals surface area contributed by atoms with E-state index in [0.717, 1.165) is 23.3 Å². The zero-order chi connectivity index (χ0) is 17.8. The number of nitrogens with one attached hydrogen (secondary N) is 1. The summed E-state index contributed by atoms with van der Waals surface area (Å²) in [6.07, 6.45) is 0.995. The van der Waals surface area contributed by atoms with Gasteiger partial charge in [-0.05, 0) is 47.2 Å². The first-order valence-electron chi connectivity index (χ1n) is 8.01. The number of rotatable bonds is 7. The first kappa shape index (κ1) is 18.5. The average molecular weight is 347 g/mol. The molecule has 0 spiro atoms. The Morgan fingerprint density at radius 2 is 1.58 bits per heavy atom. The SMILES string of the molecule is CCC(C)(C)c1ccc(S(=O)(=O)NCc2ccc(OC)cc2)cc1. The Hall–Kier alpha value is -1.85. The second-order valence-corrected chi connectivity index (χ2v) is 8.20. The standard InChI is InChI=1S/C19H25NO3S/c1-5-19(2,3)16-8-12-18(13-9-16)24(21,22)20-14-15-6-10-17(23-4)11-7-15/h6-13,20H,5,14H2,1-4H3. The smallest absolute Gasteiger partial charge is 0.240 e. The molecule has 0 fully saturated rings. The fraction of sp³-hybridized carbons (Fsp3) is 0.368. The summed E-state index contributed by atoms with van der Waals surface area (Å²) in [7, 11) is -1.93. The summed E-state index contributed by atoms with van der Waals surface area (Å²) in [5, 5.41) is 0. The minimum Gasteiger partial charge on any atom is -0.497 e. The van der Waals surface area contributed by atoms with Crippen molar-refractivity contribution in [3.8, 4) is 5.75 Å². The number of benzene rings is 2. The van der Waals surface area contributed by atoms with E-state index in [0.29, 0.717) is 0 Å². The third-order valence-corrected chi connectivity index (χ3v) is 5.87. The van der Waals surface area contributed by atoms with E-state index in [1.54, 1.807) is 19.2 Å². The minimum absolute atomic E-state index is 0.0405. The van der Waals surface area contributed by atoms with Crippen LogP contribution in [0.3, 0.4) is 0 Å². The summed E-state index contributed by atoms with van der Waals surface area (Å²) in [5.41, 5.74) is 2.06. The van der Waals surface area contributed by atoms with Gasteiger partial charge in [-0.2, -0.15) is 0 Å². The molecule has 130 valence electrons. The lowest BCUT2D eigenvalue weighted by Gasteiger charge is -2.23. The normalized spacial score (nSPS) is 12.2. The summed E-state index contributed by atoms with van der Waals surface area (Å²) in [5.74, 6) is 0.746. The number of sulfonamides is 1. The van der Waals surface area contributed by atoms with Crippen molar-refractivity contribution in [2.75, 3.05) is 7.11 Å². The zero-order valence-corrected chi connectivity index (χ0v) is 15.5. The number of methoxy groups -OCH3 is 1. The molecule has 24 heavy (non-hydrogen) atoms. The summed E-state index contributed by atoms with van der Waals surface area (Å²) < 4.78 is 32.6. The van der Waals surface area contributed by atoms with E-state index in [1.807, 2.05) is 36.4 Å². The Kier molecular flexibility index (Phi) is 5.67. The van der Waals surface area contributed by atoms with Crippen molar-refractivity contribution in [3.63, 3.8) is 0 Å². The maximum atomic E-state index is 12.4. The first-order valence-corrected chi connectivity index (χ1v) is 9.50. The molecule has 0 bridgehead atoms. The molecule has 0 heterocycles. The van der Waals surface area contributed by atoms with E-state index in [1.165, 1.54) is 0 Å².